The highest BCUT2D eigenvalue weighted by Crippen LogP contribution is 2.19. The van der Waals surface area contributed by atoms with Crippen LogP contribution in [0.4, 0.5) is 5.69 Å². The summed E-state index contributed by atoms with van der Waals surface area (Å²) in [7, 11) is 1.69. The van der Waals surface area contributed by atoms with Crippen molar-refractivity contribution in [2.24, 2.45) is 7.05 Å². The molecule has 1 aliphatic rings. The van der Waals surface area contributed by atoms with Gasteiger partial charge in [-0.05, 0) is 6.92 Å². The van der Waals surface area contributed by atoms with Gasteiger partial charge < -0.3 is 20.5 Å². The number of aliphatic hydroxyl groups is 1. The van der Waals surface area contributed by atoms with Crippen molar-refractivity contribution in [3.05, 3.63) is 11.4 Å². The zero-order valence-corrected chi connectivity index (χ0v) is 10.6. The number of amides is 1. The van der Waals surface area contributed by atoms with E-state index >= 15 is 0 Å². The number of hydrogen-bond acceptors (Lipinski definition) is 5. The number of nitrogens with two attached hydrogens (primary N) is 1. The van der Waals surface area contributed by atoms with E-state index in [1.165, 1.54) is 4.68 Å². The van der Waals surface area contributed by atoms with Crippen molar-refractivity contribution >= 4 is 11.6 Å². The number of aromatic nitrogens is 2. The average Bonchev–Trinajstić information content (AvgIpc) is 2.62. The van der Waals surface area contributed by atoms with Gasteiger partial charge in [0, 0.05) is 13.6 Å². The molecule has 1 fully saturated rings. The van der Waals surface area contributed by atoms with Crippen molar-refractivity contribution in [1.82, 2.24) is 14.7 Å². The molecule has 7 heteroatoms. The molecule has 2 rings (SSSR count). The molecule has 1 aromatic rings. The monoisotopic (exact) mass is 254 g/mol. The van der Waals surface area contributed by atoms with Crippen LogP contribution in [-0.2, 0) is 11.8 Å². The molecule has 1 amide bonds. The fourth-order valence-corrected chi connectivity index (χ4v) is 2.14. The van der Waals surface area contributed by atoms with E-state index in [0.717, 1.165) is 0 Å². The largest absolute Gasteiger partial charge is 0.395 e. The van der Waals surface area contributed by atoms with Crippen LogP contribution < -0.4 is 5.73 Å². The molecule has 1 unspecified atom stereocenters. The quantitative estimate of drug-likeness (QED) is 0.716. The molecule has 1 aliphatic heterocycles. The minimum absolute atomic E-state index is 0.123. The normalized spacial score (nSPS) is 20.2. The SMILES string of the molecule is Cc1nn(C)c(C(=O)N2CCOCC2CO)c1N. The van der Waals surface area contributed by atoms with E-state index in [0.29, 0.717) is 36.8 Å². The molecule has 0 spiro atoms. The number of rotatable bonds is 2. The Hall–Kier alpha value is -1.60. The second-order valence-electron chi connectivity index (χ2n) is 4.38. The van der Waals surface area contributed by atoms with Gasteiger partial charge >= 0.3 is 0 Å². The summed E-state index contributed by atoms with van der Waals surface area (Å²) in [4.78, 5) is 14.0. The van der Waals surface area contributed by atoms with Crippen molar-refractivity contribution in [2.45, 2.75) is 13.0 Å². The van der Waals surface area contributed by atoms with Crippen LogP contribution in [0.15, 0.2) is 0 Å². The molecule has 0 radical (unpaired) electrons. The highest BCUT2D eigenvalue weighted by Gasteiger charge is 2.31. The van der Waals surface area contributed by atoms with Crippen molar-refractivity contribution in [3.8, 4) is 0 Å². The van der Waals surface area contributed by atoms with Gasteiger partial charge in [0.05, 0.1) is 37.2 Å². The highest BCUT2D eigenvalue weighted by molar-refractivity contribution is 5.98. The molecule has 0 saturated carbocycles. The zero-order valence-electron chi connectivity index (χ0n) is 10.6. The molecular weight excluding hydrogens is 236 g/mol. The average molecular weight is 254 g/mol. The first-order valence-electron chi connectivity index (χ1n) is 5.85. The number of carbonyl (C=O) groups is 1. The van der Waals surface area contributed by atoms with Gasteiger partial charge in [0.25, 0.3) is 5.91 Å². The predicted molar refractivity (Wildman–Crippen MR) is 65.1 cm³/mol. The van der Waals surface area contributed by atoms with Crippen LogP contribution in [0, 0.1) is 6.92 Å². The molecule has 100 valence electrons. The highest BCUT2D eigenvalue weighted by atomic mass is 16.5. The van der Waals surface area contributed by atoms with Crippen LogP contribution in [0.2, 0.25) is 0 Å². The number of anilines is 1. The third kappa shape index (κ3) is 2.06. The number of aliphatic hydroxyl groups excluding tert-OH is 1. The van der Waals surface area contributed by atoms with Crippen molar-refractivity contribution in [1.29, 1.82) is 0 Å². The maximum Gasteiger partial charge on any atom is 0.274 e. The molecule has 1 aromatic heterocycles. The lowest BCUT2D eigenvalue weighted by atomic mass is 10.2. The Morgan fingerprint density at radius 3 is 2.94 bits per heavy atom. The van der Waals surface area contributed by atoms with Gasteiger partial charge in [-0.1, -0.05) is 0 Å². The summed E-state index contributed by atoms with van der Waals surface area (Å²) in [6, 6.07) is -0.319. The minimum Gasteiger partial charge on any atom is -0.395 e. The second-order valence-corrected chi connectivity index (χ2v) is 4.38. The smallest absolute Gasteiger partial charge is 0.274 e. The van der Waals surface area contributed by atoms with Crippen LogP contribution in [0.5, 0.6) is 0 Å². The van der Waals surface area contributed by atoms with E-state index in [9.17, 15) is 9.90 Å². The van der Waals surface area contributed by atoms with Crippen LogP contribution in [0.3, 0.4) is 0 Å². The molecule has 3 N–H and O–H groups in total. The number of carbonyl (C=O) groups excluding carboxylic acids is 1. The Morgan fingerprint density at radius 1 is 1.67 bits per heavy atom. The molecule has 0 aromatic carbocycles. The van der Waals surface area contributed by atoms with E-state index in [-0.39, 0.29) is 18.6 Å². The third-order valence-corrected chi connectivity index (χ3v) is 3.17. The first-order valence-corrected chi connectivity index (χ1v) is 5.85. The van der Waals surface area contributed by atoms with Gasteiger partial charge in [-0.15, -0.1) is 0 Å². The Balaban J connectivity index is 2.29. The summed E-state index contributed by atoms with van der Waals surface area (Å²) in [5, 5.41) is 13.4. The summed E-state index contributed by atoms with van der Waals surface area (Å²) in [5.41, 5.74) is 7.27. The molecule has 2 heterocycles. The molecule has 18 heavy (non-hydrogen) atoms. The summed E-state index contributed by atoms with van der Waals surface area (Å²) in [6.45, 7) is 2.91. The molecule has 0 aliphatic carbocycles. The lowest BCUT2D eigenvalue weighted by molar-refractivity contribution is -0.0188. The van der Waals surface area contributed by atoms with E-state index in [4.69, 9.17) is 10.5 Å². The summed E-state index contributed by atoms with van der Waals surface area (Å²) >= 11 is 0. The Kier molecular flexibility index (Phi) is 3.53. The number of ether oxygens (including phenoxy) is 1. The number of nitrogen functional groups attached to an aromatic ring is 1. The fourth-order valence-electron chi connectivity index (χ4n) is 2.14. The minimum atomic E-state index is -0.319. The van der Waals surface area contributed by atoms with Gasteiger partial charge in [-0.3, -0.25) is 9.48 Å². The Labute approximate surface area is 105 Å². The molecule has 7 nitrogen and oxygen atoms in total. The topological polar surface area (TPSA) is 93.6 Å². The maximum atomic E-state index is 12.4. The van der Waals surface area contributed by atoms with Gasteiger partial charge in [-0.2, -0.15) is 5.10 Å². The van der Waals surface area contributed by atoms with Crippen molar-refractivity contribution in [2.75, 3.05) is 32.1 Å². The number of morpholine rings is 1. The number of aryl methyl sites for hydroxylation is 2. The van der Waals surface area contributed by atoms with Crippen molar-refractivity contribution in [3.63, 3.8) is 0 Å². The van der Waals surface area contributed by atoms with Crippen LogP contribution >= 0.6 is 0 Å². The Morgan fingerprint density at radius 2 is 2.39 bits per heavy atom. The summed E-state index contributed by atoms with van der Waals surface area (Å²) in [6.07, 6.45) is 0. The van der Waals surface area contributed by atoms with E-state index in [2.05, 4.69) is 5.10 Å². The first kappa shape index (κ1) is 12.8. The molecule has 0 bridgehead atoms. The van der Waals surface area contributed by atoms with E-state index < -0.39 is 0 Å². The standard InChI is InChI=1S/C11H18N4O3/c1-7-9(12)10(14(2)13-7)11(17)15-3-4-18-6-8(15)5-16/h8,16H,3-6,12H2,1-2H3. The second kappa shape index (κ2) is 4.95. The lowest BCUT2D eigenvalue weighted by Crippen LogP contribution is -2.51. The molecule has 1 saturated heterocycles. The van der Waals surface area contributed by atoms with Crippen LogP contribution in [0.25, 0.3) is 0 Å². The lowest BCUT2D eigenvalue weighted by Gasteiger charge is -2.34. The zero-order chi connectivity index (χ0) is 13.3. The van der Waals surface area contributed by atoms with E-state index in [1.54, 1.807) is 18.9 Å². The fraction of sp³-hybridized carbons (Fsp3) is 0.636. The summed E-state index contributed by atoms with van der Waals surface area (Å²) < 4.78 is 6.73. The Bertz CT molecular complexity index is 457. The number of nitrogens with zero attached hydrogens (tertiary/aromatic N) is 3. The summed E-state index contributed by atoms with van der Waals surface area (Å²) in [5.74, 6) is -0.210. The molecule has 1 atom stereocenters. The number of hydrogen-bond donors (Lipinski definition) is 2. The van der Waals surface area contributed by atoms with Gasteiger partial charge in [0.15, 0.2) is 0 Å². The maximum absolute atomic E-state index is 12.4. The third-order valence-electron chi connectivity index (χ3n) is 3.17. The van der Waals surface area contributed by atoms with Gasteiger partial charge in [0.2, 0.25) is 0 Å². The predicted octanol–water partition coefficient (Wildman–Crippen LogP) is -0.856. The van der Waals surface area contributed by atoms with Gasteiger partial charge in [-0.25, -0.2) is 0 Å². The first-order chi connectivity index (χ1) is 8.56. The van der Waals surface area contributed by atoms with Crippen LogP contribution in [-0.4, -0.2) is 58.1 Å². The van der Waals surface area contributed by atoms with Crippen LogP contribution in [0.1, 0.15) is 16.2 Å². The molecular formula is C11H18N4O3. The van der Waals surface area contributed by atoms with Crippen molar-refractivity contribution < 1.29 is 14.6 Å². The van der Waals surface area contributed by atoms with Gasteiger partial charge in [0.1, 0.15) is 5.69 Å². The van der Waals surface area contributed by atoms with E-state index in [1.807, 2.05) is 0 Å².